The number of rotatable bonds is 3. The van der Waals surface area contributed by atoms with Crippen molar-refractivity contribution in [2.75, 3.05) is 19.7 Å². The van der Waals surface area contributed by atoms with E-state index in [2.05, 4.69) is 4.99 Å². The fraction of sp³-hybridized carbons (Fsp3) is 0.400. The third-order valence-corrected chi connectivity index (χ3v) is 3.59. The molecule has 6 nitrogen and oxygen atoms in total. The van der Waals surface area contributed by atoms with Crippen molar-refractivity contribution in [3.8, 4) is 0 Å². The number of halogens is 1. The third-order valence-electron chi connectivity index (χ3n) is 3.34. The van der Waals surface area contributed by atoms with Crippen molar-refractivity contribution in [2.45, 2.75) is 18.5 Å². The first-order valence-corrected chi connectivity index (χ1v) is 6.80. The van der Waals surface area contributed by atoms with Gasteiger partial charge in [-0.2, -0.15) is 0 Å². The molecule has 0 radical (unpaired) electrons. The van der Waals surface area contributed by atoms with Crippen molar-refractivity contribution in [1.29, 1.82) is 0 Å². The van der Waals surface area contributed by atoms with E-state index in [-0.39, 0.29) is 29.2 Å². The summed E-state index contributed by atoms with van der Waals surface area (Å²) in [5.74, 6) is -3.05. The number of carboxylic acid groups (broad SMARTS) is 1. The van der Waals surface area contributed by atoms with Gasteiger partial charge in [-0.05, 0) is 12.1 Å². The van der Waals surface area contributed by atoms with Crippen LogP contribution in [0.15, 0.2) is 29.3 Å². The molecule has 2 atom stereocenters. The molecule has 1 N–H and O–H groups in total. The number of hydrogen-bond donors (Lipinski definition) is 1. The number of hydrogen-bond acceptors (Lipinski definition) is 4. The number of aliphatic carboxylic acids is 1. The van der Waals surface area contributed by atoms with E-state index in [9.17, 15) is 14.7 Å². The van der Waals surface area contributed by atoms with E-state index < -0.39 is 37.0 Å². The lowest BCUT2D eigenvalue weighted by Gasteiger charge is -2.38. The zero-order valence-electron chi connectivity index (χ0n) is 16.2. The molecule has 0 bridgehead atoms. The smallest absolute Gasteiger partial charge is 0.323 e. The summed E-state index contributed by atoms with van der Waals surface area (Å²) in [7, 11) is 0. The molecule has 116 valence electrons. The maximum absolute atomic E-state index is 13.0. The Morgan fingerprint density at radius 3 is 2.95 bits per heavy atom. The van der Waals surface area contributed by atoms with Gasteiger partial charge in [0.25, 0.3) is 5.91 Å². The molecule has 0 aliphatic carbocycles. The molecule has 1 amide bonds. The molecule has 1 spiro atoms. The molecule has 1 aromatic carbocycles. The highest BCUT2D eigenvalue weighted by atomic mass is 35.5. The molecule has 2 aliphatic rings. The van der Waals surface area contributed by atoms with E-state index in [0.29, 0.717) is 5.02 Å². The van der Waals surface area contributed by atoms with Crippen molar-refractivity contribution >= 4 is 29.2 Å². The summed E-state index contributed by atoms with van der Waals surface area (Å²) in [4.78, 5) is 29.0. The zero-order chi connectivity index (χ0) is 20.2. The zero-order valence-corrected chi connectivity index (χ0v) is 12.0. The normalized spacial score (nSPS) is 34.3. The lowest BCUT2D eigenvalue weighted by atomic mass is 10.00. The van der Waals surface area contributed by atoms with Gasteiger partial charge >= 0.3 is 5.97 Å². The number of carboxylic acids is 1. The molecule has 1 aromatic rings. The van der Waals surface area contributed by atoms with Crippen LogP contribution in [0.5, 0.6) is 0 Å². The fourth-order valence-corrected chi connectivity index (χ4v) is 2.45. The van der Waals surface area contributed by atoms with E-state index in [0.717, 1.165) is 0 Å². The lowest BCUT2D eigenvalue weighted by molar-refractivity contribution is -0.147. The van der Waals surface area contributed by atoms with Gasteiger partial charge in [0.1, 0.15) is 17.9 Å². The summed E-state index contributed by atoms with van der Waals surface area (Å²) < 4.78 is 45.2. The predicted molar refractivity (Wildman–Crippen MR) is 80.1 cm³/mol. The van der Waals surface area contributed by atoms with Gasteiger partial charge in [-0.1, -0.05) is 23.7 Å². The number of carbonyl (C=O) groups is 2. The minimum absolute atomic E-state index is 0.190. The first kappa shape index (κ1) is 9.97. The van der Waals surface area contributed by atoms with Crippen LogP contribution in [-0.4, -0.2) is 52.9 Å². The second-order valence-electron chi connectivity index (χ2n) is 4.72. The third kappa shape index (κ3) is 2.60. The molecule has 0 aromatic heterocycles. The van der Waals surface area contributed by atoms with E-state index >= 15 is 0 Å². The van der Waals surface area contributed by atoms with Crippen LogP contribution in [0.3, 0.4) is 0 Å². The molecule has 7 heteroatoms. The summed E-state index contributed by atoms with van der Waals surface area (Å²) in [5, 5.41) is 9.70. The number of ether oxygens (including phenoxy) is 1. The molecule has 22 heavy (non-hydrogen) atoms. The van der Waals surface area contributed by atoms with Crippen LogP contribution in [0.2, 0.25) is 5.02 Å². The van der Waals surface area contributed by atoms with Crippen LogP contribution in [0.1, 0.15) is 25.2 Å². The van der Waals surface area contributed by atoms with Crippen LogP contribution in [0.25, 0.3) is 0 Å². The average molecular weight is 328 g/mol. The predicted octanol–water partition coefficient (Wildman–Crippen LogP) is 1.56. The molecule has 1 saturated heterocycles. The molecule has 2 unspecified atom stereocenters. The van der Waals surface area contributed by atoms with E-state index in [4.69, 9.17) is 23.2 Å². The highest BCUT2D eigenvalue weighted by molar-refractivity contribution is 6.47. The maximum Gasteiger partial charge on any atom is 0.323 e. The van der Waals surface area contributed by atoms with Crippen molar-refractivity contribution in [3.63, 3.8) is 0 Å². The Balaban J connectivity index is 2.23. The average Bonchev–Trinajstić information content (AvgIpc) is 2.88. The molecule has 2 aliphatic heterocycles. The summed E-state index contributed by atoms with van der Waals surface area (Å²) in [6.45, 7) is -5.22. The first-order valence-electron chi connectivity index (χ1n) is 9.00. The number of benzene rings is 1. The van der Waals surface area contributed by atoms with Crippen LogP contribution in [0.4, 0.5) is 0 Å². The molecule has 1 fully saturated rings. The van der Waals surface area contributed by atoms with Crippen molar-refractivity contribution < 1.29 is 26.3 Å². The molecular formula is C15H15ClN2O4. The van der Waals surface area contributed by atoms with Crippen molar-refractivity contribution in [2.24, 2.45) is 4.99 Å². The topological polar surface area (TPSA) is 79.2 Å². The molecule has 3 rings (SSSR count). The summed E-state index contributed by atoms with van der Waals surface area (Å²) in [6, 6.07) is 5.83. The Hall–Kier alpha value is -1.92. The summed E-state index contributed by atoms with van der Waals surface area (Å²) in [6.07, 6.45) is -2.96. The molecule has 0 saturated carbocycles. The van der Waals surface area contributed by atoms with Crippen molar-refractivity contribution in [3.05, 3.63) is 34.9 Å². The fourth-order valence-electron chi connectivity index (χ4n) is 2.32. The van der Waals surface area contributed by atoms with Crippen LogP contribution < -0.4 is 0 Å². The Kier molecular flexibility index (Phi) is 2.58. The van der Waals surface area contributed by atoms with Gasteiger partial charge in [0.2, 0.25) is 0 Å². The minimum Gasteiger partial charge on any atom is -0.480 e. The van der Waals surface area contributed by atoms with Crippen LogP contribution >= 0.6 is 11.6 Å². The highest BCUT2D eigenvalue weighted by Gasteiger charge is 2.48. The van der Waals surface area contributed by atoms with Crippen LogP contribution in [-0.2, 0) is 14.3 Å². The van der Waals surface area contributed by atoms with Gasteiger partial charge < -0.3 is 14.7 Å². The van der Waals surface area contributed by atoms with E-state index in [1.165, 1.54) is 24.3 Å². The van der Waals surface area contributed by atoms with Gasteiger partial charge in [-0.25, -0.2) is 0 Å². The lowest BCUT2D eigenvalue weighted by Crippen LogP contribution is -2.52. The van der Waals surface area contributed by atoms with Crippen molar-refractivity contribution in [1.82, 2.24) is 4.90 Å². The minimum atomic E-state index is -3.25. The Morgan fingerprint density at radius 1 is 1.55 bits per heavy atom. The second-order valence-corrected chi connectivity index (χ2v) is 5.16. The second kappa shape index (κ2) is 5.70. The van der Waals surface area contributed by atoms with E-state index in [1.807, 2.05) is 0 Å². The molecular weight excluding hydrogens is 308 g/mol. The van der Waals surface area contributed by atoms with Gasteiger partial charge in [-0.15, -0.1) is 0 Å². The molecule has 2 heterocycles. The number of nitrogens with zero attached hydrogens (tertiary/aromatic N) is 2. The van der Waals surface area contributed by atoms with Crippen LogP contribution in [0, 0.1) is 0 Å². The quantitative estimate of drug-likeness (QED) is 0.913. The highest BCUT2D eigenvalue weighted by Crippen LogP contribution is 2.35. The van der Waals surface area contributed by atoms with Gasteiger partial charge in [0.15, 0.2) is 0 Å². The monoisotopic (exact) mass is 327 g/mol. The first-order chi connectivity index (χ1) is 12.4. The Bertz CT molecular complexity index is 832. The Morgan fingerprint density at radius 2 is 2.27 bits per heavy atom. The number of amides is 1. The SMILES string of the molecule is [2H]C1OCCC2(N=C(c3ccc(Cl)cc3)C(=O)N2C([2H])([2H])C(=O)O)C1([2H])[2H]. The van der Waals surface area contributed by atoms with Gasteiger partial charge in [-0.3, -0.25) is 14.6 Å². The maximum atomic E-state index is 13.0. The number of aliphatic imine (C=N–C) groups is 1. The van der Waals surface area contributed by atoms with E-state index in [1.54, 1.807) is 0 Å². The standard InChI is InChI=1S/C15H15ClN2O4/c16-11-3-1-10(2-4-11)13-14(21)18(9-12(19)20)15(17-13)5-7-22-8-6-15/h1-4H,5-9H2,(H,19,20)/i5D2,7D,9D2. The largest absolute Gasteiger partial charge is 0.480 e. The van der Waals surface area contributed by atoms with Gasteiger partial charge in [0.05, 0.1) is 17.3 Å². The van der Waals surface area contributed by atoms with Gasteiger partial charge in [0, 0.05) is 26.1 Å². The number of carbonyl (C=O) groups excluding carboxylic acids is 1. The summed E-state index contributed by atoms with van der Waals surface area (Å²) in [5.41, 5.74) is -2.29. The summed E-state index contributed by atoms with van der Waals surface area (Å²) >= 11 is 5.83. The Labute approximate surface area is 139 Å².